The quantitative estimate of drug-likeness (QED) is 0.420. The van der Waals surface area contributed by atoms with Gasteiger partial charge < -0.3 is 15.4 Å². The van der Waals surface area contributed by atoms with Gasteiger partial charge in [-0.05, 0) is 67.9 Å². The Hall–Kier alpha value is -3.92. The Bertz CT molecular complexity index is 1240. The first-order valence-corrected chi connectivity index (χ1v) is 12.1. The summed E-state index contributed by atoms with van der Waals surface area (Å²) in [5, 5.41) is 5.45. The zero-order valence-electron chi connectivity index (χ0n) is 19.0. The van der Waals surface area contributed by atoms with E-state index in [9.17, 15) is 18.0 Å². The molecule has 3 rings (SSSR count). The summed E-state index contributed by atoms with van der Waals surface area (Å²) >= 11 is 0. The van der Waals surface area contributed by atoms with Crippen LogP contribution in [0.1, 0.15) is 37.6 Å². The summed E-state index contributed by atoms with van der Waals surface area (Å²) in [5.41, 5.74) is 1.29. The van der Waals surface area contributed by atoms with Crippen molar-refractivity contribution in [3.05, 3.63) is 72.4 Å². The van der Waals surface area contributed by atoms with Crippen LogP contribution < -0.4 is 20.1 Å². The number of amides is 2. The molecule has 0 aliphatic carbocycles. The molecule has 0 spiro atoms. The number of aromatic nitrogens is 1. The van der Waals surface area contributed by atoms with Crippen LogP contribution in [-0.4, -0.2) is 31.3 Å². The van der Waals surface area contributed by atoms with Crippen LogP contribution in [0, 0.1) is 0 Å². The minimum Gasteiger partial charge on any atom is -0.439 e. The topological polar surface area (TPSA) is 126 Å². The van der Waals surface area contributed by atoms with Gasteiger partial charge in [-0.3, -0.25) is 14.3 Å². The maximum absolute atomic E-state index is 12.6. The summed E-state index contributed by atoms with van der Waals surface area (Å²) in [6.07, 6.45) is 2.27. The molecule has 10 heteroatoms. The summed E-state index contributed by atoms with van der Waals surface area (Å²) in [4.78, 5) is 27.4. The Morgan fingerprint density at radius 2 is 1.62 bits per heavy atom. The zero-order chi connectivity index (χ0) is 24.7. The molecule has 2 amide bonds. The molecule has 0 bridgehead atoms. The van der Waals surface area contributed by atoms with Crippen LogP contribution in [-0.2, 0) is 14.8 Å². The molecule has 1 aromatic heterocycles. The number of benzene rings is 2. The van der Waals surface area contributed by atoms with E-state index in [-0.39, 0.29) is 22.8 Å². The number of rotatable bonds is 9. The number of carbonyl (C=O) groups is 2. The molecule has 0 fully saturated rings. The average Bonchev–Trinajstić information content (AvgIpc) is 2.80. The van der Waals surface area contributed by atoms with Crippen molar-refractivity contribution in [1.29, 1.82) is 0 Å². The average molecular weight is 483 g/mol. The lowest BCUT2D eigenvalue weighted by molar-refractivity contribution is -0.114. The molecule has 3 aromatic rings. The van der Waals surface area contributed by atoms with Crippen molar-refractivity contribution in [1.82, 2.24) is 10.3 Å². The molecule has 178 valence electrons. The Morgan fingerprint density at radius 1 is 0.971 bits per heavy atom. The van der Waals surface area contributed by atoms with Crippen molar-refractivity contribution in [2.45, 2.75) is 38.1 Å². The van der Waals surface area contributed by atoms with Gasteiger partial charge in [-0.1, -0.05) is 6.92 Å². The third-order valence-corrected chi connectivity index (χ3v) is 6.20. The van der Waals surface area contributed by atoms with E-state index in [0.717, 1.165) is 6.42 Å². The molecule has 0 radical (unpaired) electrons. The van der Waals surface area contributed by atoms with Gasteiger partial charge in [0.1, 0.15) is 5.75 Å². The van der Waals surface area contributed by atoms with Gasteiger partial charge >= 0.3 is 0 Å². The molecular formula is C24H26N4O5S. The van der Waals surface area contributed by atoms with Gasteiger partial charge in [0.2, 0.25) is 11.8 Å². The number of pyridine rings is 1. The lowest BCUT2D eigenvalue weighted by Crippen LogP contribution is -2.31. The Morgan fingerprint density at radius 3 is 2.18 bits per heavy atom. The van der Waals surface area contributed by atoms with Crippen LogP contribution in [0.2, 0.25) is 0 Å². The van der Waals surface area contributed by atoms with E-state index in [0.29, 0.717) is 28.6 Å². The molecule has 1 atom stereocenters. The number of carbonyl (C=O) groups excluding carboxylic acids is 2. The largest absolute Gasteiger partial charge is 0.439 e. The van der Waals surface area contributed by atoms with Crippen LogP contribution in [0.5, 0.6) is 11.6 Å². The predicted molar refractivity (Wildman–Crippen MR) is 130 cm³/mol. The highest BCUT2D eigenvalue weighted by molar-refractivity contribution is 7.92. The standard InChI is InChI=1S/C24H26N4O5S/c1-4-16(2)26-24(30)18-5-14-23(25-15-18)33-21-10-6-20(7-11-21)28-34(31,32)22-12-8-19(9-13-22)27-17(3)29/h5-16,28H,4H2,1-3H3,(H,26,30)(H,27,29)/t16-/m0/s1. The van der Waals surface area contributed by atoms with E-state index in [1.807, 2.05) is 13.8 Å². The molecule has 1 heterocycles. The van der Waals surface area contributed by atoms with E-state index < -0.39 is 10.0 Å². The van der Waals surface area contributed by atoms with Crippen LogP contribution in [0.4, 0.5) is 11.4 Å². The molecule has 0 unspecified atom stereocenters. The number of anilines is 2. The first-order valence-electron chi connectivity index (χ1n) is 10.6. The summed E-state index contributed by atoms with van der Waals surface area (Å²) in [6.45, 7) is 5.29. The number of nitrogens with one attached hydrogen (secondary N) is 3. The van der Waals surface area contributed by atoms with E-state index in [1.54, 1.807) is 36.4 Å². The maximum atomic E-state index is 12.6. The van der Waals surface area contributed by atoms with E-state index >= 15 is 0 Å². The SMILES string of the molecule is CC[C@H](C)NC(=O)c1ccc(Oc2ccc(NS(=O)(=O)c3ccc(NC(C)=O)cc3)cc2)nc1. The monoisotopic (exact) mass is 482 g/mol. The maximum Gasteiger partial charge on any atom is 0.261 e. The highest BCUT2D eigenvalue weighted by Crippen LogP contribution is 2.24. The van der Waals surface area contributed by atoms with Crippen LogP contribution in [0.15, 0.2) is 71.8 Å². The second kappa shape index (κ2) is 10.8. The molecule has 0 saturated carbocycles. The fourth-order valence-corrected chi connectivity index (χ4v) is 3.89. The van der Waals surface area contributed by atoms with Gasteiger partial charge in [0, 0.05) is 36.6 Å². The van der Waals surface area contributed by atoms with Crippen molar-refractivity contribution in [2.75, 3.05) is 10.0 Å². The number of sulfonamides is 1. The highest BCUT2D eigenvalue weighted by Gasteiger charge is 2.15. The van der Waals surface area contributed by atoms with Crippen LogP contribution >= 0.6 is 0 Å². The molecular weight excluding hydrogens is 456 g/mol. The molecule has 0 saturated heterocycles. The van der Waals surface area contributed by atoms with E-state index in [4.69, 9.17) is 4.74 Å². The molecule has 2 aromatic carbocycles. The van der Waals surface area contributed by atoms with Gasteiger partial charge in [-0.15, -0.1) is 0 Å². The smallest absolute Gasteiger partial charge is 0.261 e. The lowest BCUT2D eigenvalue weighted by atomic mass is 10.2. The molecule has 34 heavy (non-hydrogen) atoms. The van der Waals surface area contributed by atoms with E-state index in [2.05, 4.69) is 20.3 Å². The summed E-state index contributed by atoms with van der Waals surface area (Å²) in [7, 11) is -3.81. The fraction of sp³-hybridized carbons (Fsp3) is 0.208. The molecule has 0 aliphatic rings. The number of hydrogen-bond acceptors (Lipinski definition) is 6. The van der Waals surface area contributed by atoms with Gasteiger partial charge in [-0.2, -0.15) is 0 Å². The van der Waals surface area contributed by atoms with E-state index in [1.165, 1.54) is 37.4 Å². The van der Waals surface area contributed by atoms with Gasteiger partial charge in [0.15, 0.2) is 0 Å². The van der Waals surface area contributed by atoms with Crippen molar-refractivity contribution in [3.8, 4) is 11.6 Å². The molecule has 9 nitrogen and oxygen atoms in total. The molecule has 0 aliphatic heterocycles. The van der Waals surface area contributed by atoms with Crippen LogP contribution in [0.25, 0.3) is 0 Å². The number of nitrogens with zero attached hydrogens (tertiary/aromatic N) is 1. The zero-order valence-corrected chi connectivity index (χ0v) is 19.8. The summed E-state index contributed by atoms with van der Waals surface area (Å²) in [6, 6.07) is 15.4. The number of ether oxygens (including phenoxy) is 1. The van der Waals surface area contributed by atoms with Gasteiger partial charge in [0.25, 0.3) is 15.9 Å². The predicted octanol–water partition coefficient (Wildman–Crippen LogP) is 4.16. The fourth-order valence-electron chi connectivity index (χ4n) is 2.83. The Kier molecular flexibility index (Phi) is 7.85. The first kappa shape index (κ1) is 24.7. The highest BCUT2D eigenvalue weighted by atomic mass is 32.2. The van der Waals surface area contributed by atoms with Crippen molar-refractivity contribution in [3.63, 3.8) is 0 Å². The summed E-state index contributed by atoms with van der Waals surface area (Å²) < 4.78 is 33.4. The Balaban J connectivity index is 1.61. The molecule has 3 N–H and O–H groups in total. The first-order chi connectivity index (χ1) is 16.2. The summed E-state index contributed by atoms with van der Waals surface area (Å²) in [5.74, 6) is 0.309. The van der Waals surface area contributed by atoms with Crippen LogP contribution in [0.3, 0.4) is 0 Å². The third kappa shape index (κ3) is 6.79. The van der Waals surface area contributed by atoms with Crippen molar-refractivity contribution in [2.24, 2.45) is 0 Å². The second-order valence-corrected chi connectivity index (χ2v) is 9.29. The van der Waals surface area contributed by atoms with Crippen molar-refractivity contribution >= 4 is 33.2 Å². The minimum absolute atomic E-state index is 0.0589. The van der Waals surface area contributed by atoms with Gasteiger partial charge in [-0.25, -0.2) is 13.4 Å². The number of hydrogen-bond donors (Lipinski definition) is 3. The Labute approximate surface area is 198 Å². The van der Waals surface area contributed by atoms with Crippen molar-refractivity contribution < 1.29 is 22.7 Å². The third-order valence-electron chi connectivity index (χ3n) is 4.80. The lowest BCUT2D eigenvalue weighted by Gasteiger charge is -2.12. The minimum atomic E-state index is -3.81. The van der Waals surface area contributed by atoms with Gasteiger partial charge in [0.05, 0.1) is 10.5 Å². The normalized spacial score (nSPS) is 11.9. The second-order valence-electron chi connectivity index (χ2n) is 7.61.